The van der Waals surface area contributed by atoms with Crippen molar-refractivity contribution in [1.82, 2.24) is 10.1 Å². The van der Waals surface area contributed by atoms with Crippen molar-refractivity contribution in [2.24, 2.45) is 23.0 Å². The fourth-order valence-electron chi connectivity index (χ4n) is 3.35. The topological polar surface area (TPSA) is 68.2 Å². The predicted octanol–water partition coefficient (Wildman–Crippen LogP) is 2.22. The number of anilines is 1. The molecule has 3 rings (SSSR count). The summed E-state index contributed by atoms with van der Waals surface area (Å²) in [7, 11) is 0. The molecule has 1 saturated heterocycles. The molecular formula is C15H26N4O. The van der Waals surface area contributed by atoms with Crippen LogP contribution in [0.25, 0.3) is 0 Å². The van der Waals surface area contributed by atoms with Gasteiger partial charge in [0.25, 0.3) is 5.95 Å². The Morgan fingerprint density at radius 2 is 1.95 bits per heavy atom. The van der Waals surface area contributed by atoms with Gasteiger partial charge in [0.1, 0.15) is 0 Å². The summed E-state index contributed by atoms with van der Waals surface area (Å²) in [6.45, 7) is 8.59. The third-order valence-electron chi connectivity index (χ3n) is 4.97. The first-order valence-corrected chi connectivity index (χ1v) is 7.76. The Balaban J connectivity index is 1.63. The van der Waals surface area contributed by atoms with E-state index in [4.69, 9.17) is 10.3 Å². The Kier molecular flexibility index (Phi) is 3.48. The first-order valence-electron chi connectivity index (χ1n) is 7.76. The molecule has 1 aromatic rings. The van der Waals surface area contributed by atoms with Crippen molar-refractivity contribution in [3.8, 4) is 0 Å². The lowest BCUT2D eigenvalue weighted by Gasteiger charge is -2.25. The molecule has 2 aliphatic rings. The first-order chi connectivity index (χ1) is 9.43. The van der Waals surface area contributed by atoms with Crippen molar-refractivity contribution in [1.29, 1.82) is 0 Å². The summed E-state index contributed by atoms with van der Waals surface area (Å²) in [6.07, 6.45) is 4.76. The van der Waals surface area contributed by atoms with Crippen molar-refractivity contribution >= 4 is 5.95 Å². The molecule has 0 aromatic carbocycles. The minimum absolute atomic E-state index is 0.0359. The van der Waals surface area contributed by atoms with E-state index in [0.29, 0.717) is 12.3 Å². The second-order valence-electron chi connectivity index (χ2n) is 7.52. The molecule has 20 heavy (non-hydrogen) atoms. The quantitative estimate of drug-likeness (QED) is 0.918. The molecule has 0 radical (unpaired) electrons. The molecule has 2 fully saturated rings. The largest absolute Gasteiger partial charge is 0.338 e. The van der Waals surface area contributed by atoms with Gasteiger partial charge in [0.2, 0.25) is 5.89 Å². The molecule has 0 amide bonds. The summed E-state index contributed by atoms with van der Waals surface area (Å²) < 4.78 is 5.38. The van der Waals surface area contributed by atoms with E-state index < -0.39 is 0 Å². The van der Waals surface area contributed by atoms with Crippen LogP contribution in [0.3, 0.4) is 0 Å². The number of hydrogen-bond donors (Lipinski definition) is 1. The van der Waals surface area contributed by atoms with Crippen LogP contribution in [-0.4, -0.2) is 29.3 Å². The summed E-state index contributed by atoms with van der Waals surface area (Å²) in [5.41, 5.74) is 6.23. The molecular weight excluding hydrogens is 252 g/mol. The van der Waals surface area contributed by atoms with Gasteiger partial charge in [0.15, 0.2) is 0 Å². The monoisotopic (exact) mass is 278 g/mol. The Morgan fingerprint density at radius 1 is 1.30 bits per heavy atom. The molecule has 1 aromatic heterocycles. The van der Waals surface area contributed by atoms with Gasteiger partial charge in [-0.15, -0.1) is 0 Å². The lowest BCUT2D eigenvalue weighted by molar-refractivity contribution is 0.286. The average Bonchev–Trinajstić information content (AvgIpc) is 2.99. The van der Waals surface area contributed by atoms with Crippen LogP contribution in [0.2, 0.25) is 0 Å². The zero-order chi connectivity index (χ0) is 14.3. The third kappa shape index (κ3) is 2.68. The van der Waals surface area contributed by atoms with Crippen molar-refractivity contribution in [2.45, 2.75) is 52.5 Å². The average molecular weight is 278 g/mol. The third-order valence-corrected chi connectivity index (χ3v) is 4.97. The van der Waals surface area contributed by atoms with E-state index in [1.165, 1.54) is 19.3 Å². The Morgan fingerprint density at radius 3 is 2.55 bits per heavy atom. The smallest absolute Gasteiger partial charge is 0.266 e. The van der Waals surface area contributed by atoms with Crippen LogP contribution in [0, 0.1) is 17.3 Å². The van der Waals surface area contributed by atoms with Gasteiger partial charge in [-0.3, -0.25) is 0 Å². The number of fused-ring (bicyclic) bond motifs is 1. The van der Waals surface area contributed by atoms with E-state index in [2.05, 4.69) is 35.8 Å². The Hall–Kier alpha value is -1.10. The SMILES string of the molecule is CC(C)(C)C(N)Cc1nc(N2C[C@H]3CCC[C@H]3C2)no1. The van der Waals surface area contributed by atoms with E-state index in [1.54, 1.807) is 0 Å². The van der Waals surface area contributed by atoms with E-state index in [-0.39, 0.29) is 11.5 Å². The van der Waals surface area contributed by atoms with E-state index in [0.717, 1.165) is 30.9 Å². The molecule has 5 heteroatoms. The molecule has 1 saturated carbocycles. The van der Waals surface area contributed by atoms with Crippen LogP contribution in [0.5, 0.6) is 0 Å². The Bertz CT molecular complexity index is 453. The highest BCUT2D eigenvalue weighted by atomic mass is 16.5. The van der Waals surface area contributed by atoms with E-state index in [1.807, 2.05) is 0 Å². The highest BCUT2D eigenvalue weighted by molar-refractivity contribution is 5.31. The van der Waals surface area contributed by atoms with Gasteiger partial charge < -0.3 is 15.2 Å². The molecule has 3 atom stereocenters. The summed E-state index contributed by atoms with van der Waals surface area (Å²) in [5.74, 6) is 3.11. The maximum absolute atomic E-state index is 6.18. The van der Waals surface area contributed by atoms with Gasteiger partial charge >= 0.3 is 0 Å². The van der Waals surface area contributed by atoms with Crippen LogP contribution in [0.1, 0.15) is 45.9 Å². The van der Waals surface area contributed by atoms with Gasteiger partial charge in [-0.2, -0.15) is 4.98 Å². The minimum Gasteiger partial charge on any atom is -0.338 e. The summed E-state index contributed by atoms with van der Waals surface area (Å²) in [4.78, 5) is 6.82. The van der Waals surface area contributed by atoms with E-state index >= 15 is 0 Å². The van der Waals surface area contributed by atoms with E-state index in [9.17, 15) is 0 Å². The van der Waals surface area contributed by atoms with Crippen LogP contribution in [0.4, 0.5) is 5.95 Å². The van der Waals surface area contributed by atoms with Gasteiger partial charge in [0.05, 0.1) is 0 Å². The van der Waals surface area contributed by atoms with Gasteiger partial charge in [0, 0.05) is 25.6 Å². The zero-order valence-electron chi connectivity index (χ0n) is 12.8. The highest BCUT2D eigenvalue weighted by Gasteiger charge is 2.37. The van der Waals surface area contributed by atoms with Gasteiger partial charge in [-0.1, -0.05) is 27.2 Å². The van der Waals surface area contributed by atoms with Crippen LogP contribution in [0.15, 0.2) is 4.52 Å². The maximum atomic E-state index is 6.18. The van der Waals surface area contributed by atoms with Crippen LogP contribution in [-0.2, 0) is 6.42 Å². The Labute approximate surface area is 120 Å². The molecule has 1 unspecified atom stereocenters. The fourth-order valence-corrected chi connectivity index (χ4v) is 3.35. The second-order valence-corrected chi connectivity index (χ2v) is 7.52. The van der Waals surface area contributed by atoms with Crippen molar-refractivity contribution in [2.75, 3.05) is 18.0 Å². The predicted molar refractivity (Wildman–Crippen MR) is 78.5 cm³/mol. The molecule has 5 nitrogen and oxygen atoms in total. The summed E-state index contributed by atoms with van der Waals surface area (Å²) in [6, 6.07) is 0.0359. The number of hydrogen-bond acceptors (Lipinski definition) is 5. The summed E-state index contributed by atoms with van der Waals surface area (Å²) >= 11 is 0. The highest BCUT2D eigenvalue weighted by Crippen LogP contribution is 2.38. The normalized spacial score (nSPS) is 27.9. The van der Waals surface area contributed by atoms with Gasteiger partial charge in [-0.05, 0) is 35.2 Å². The second kappa shape index (κ2) is 5.02. The lowest BCUT2D eigenvalue weighted by Crippen LogP contribution is -2.37. The van der Waals surface area contributed by atoms with Crippen LogP contribution >= 0.6 is 0 Å². The molecule has 0 spiro atoms. The first kappa shape index (κ1) is 13.9. The lowest BCUT2D eigenvalue weighted by atomic mass is 9.85. The molecule has 2 N–H and O–H groups in total. The number of aromatic nitrogens is 2. The number of nitrogens with zero attached hydrogens (tertiary/aromatic N) is 3. The zero-order valence-corrected chi connectivity index (χ0v) is 12.8. The minimum atomic E-state index is 0.0359. The molecule has 0 bridgehead atoms. The van der Waals surface area contributed by atoms with Gasteiger partial charge in [-0.25, -0.2) is 0 Å². The van der Waals surface area contributed by atoms with Crippen LogP contribution < -0.4 is 10.6 Å². The number of nitrogens with two attached hydrogens (primary N) is 1. The molecule has 1 aliphatic carbocycles. The van der Waals surface area contributed by atoms with Crippen molar-refractivity contribution in [3.05, 3.63) is 5.89 Å². The fraction of sp³-hybridized carbons (Fsp3) is 0.867. The maximum Gasteiger partial charge on any atom is 0.266 e. The molecule has 112 valence electrons. The number of rotatable bonds is 3. The van der Waals surface area contributed by atoms with Crippen molar-refractivity contribution in [3.63, 3.8) is 0 Å². The molecule has 2 heterocycles. The summed E-state index contributed by atoms with van der Waals surface area (Å²) in [5, 5.41) is 4.14. The molecule has 1 aliphatic heterocycles. The standard InChI is InChI=1S/C15H26N4O/c1-15(2,3)12(16)7-13-17-14(18-20-13)19-8-10-5-4-6-11(10)9-19/h10-12H,4-9,16H2,1-3H3/t10-,11+,12?. The van der Waals surface area contributed by atoms with Crippen molar-refractivity contribution < 1.29 is 4.52 Å².